The predicted octanol–water partition coefficient (Wildman–Crippen LogP) is 2.73. The van der Waals surface area contributed by atoms with Crippen LogP contribution in [-0.2, 0) is 4.74 Å². The number of hydrogen-bond donors (Lipinski definition) is 1. The molecule has 0 radical (unpaired) electrons. The molecule has 0 aliphatic carbocycles. The van der Waals surface area contributed by atoms with Crippen LogP contribution in [0.4, 0.5) is 15.9 Å². The van der Waals surface area contributed by atoms with E-state index in [9.17, 15) is 4.39 Å². The summed E-state index contributed by atoms with van der Waals surface area (Å²) in [6, 6.07) is 3.56. The maximum absolute atomic E-state index is 14.7. The molecule has 0 saturated carbocycles. The van der Waals surface area contributed by atoms with Gasteiger partial charge in [0.05, 0.1) is 24.1 Å². The number of nitrogens with zero attached hydrogens (tertiary/aromatic N) is 3. The normalized spacial score (nSPS) is 22.1. The average molecular weight is 304 g/mol. The highest BCUT2D eigenvalue weighted by atomic mass is 19.1. The Morgan fingerprint density at radius 2 is 2.05 bits per heavy atom. The third-order valence-corrected chi connectivity index (χ3v) is 4.19. The first-order chi connectivity index (χ1) is 10.5. The Labute approximate surface area is 129 Å². The van der Waals surface area contributed by atoms with Crippen LogP contribution in [0.15, 0.2) is 12.1 Å². The standard InChI is InChI=1S/C16H21FN4O/c1-9-8-22-10(2)7-21(9)15-6-13-12(5-14(15)17)11(3)19-20-16(13)18-4/h5-6,9-10H,7-8H2,1-4H3,(H,18,20)/t9-,10-/m1/s1. The van der Waals surface area contributed by atoms with Crippen molar-refractivity contribution in [3.05, 3.63) is 23.6 Å². The lowest BCUT2D eigenvalue weighted by molar-refractivity contribution is 0.0341. The minimum absolute atomic E-state index is 0.0902. The van der Waals surface area contributed by atoms with Crippen LogP contribution in [0.2, 0.25) is 0 Å². The van der Waals surface area contributed by atoms with E-state index in [1.807, 2.05) is 26.8 Å². The summed E-state index contributed by atoms with van der Waals surface area (Å²) in [5, 5.41) is 12.9. The molecule has 0 unspecified atom stereocenters. The molecular formula is C16H21FN4O. The van der Waals surface area contributed by atoms with Crippen molar-refractivity contribution < 1.29 is 9.13 Å². The number of morpholine rings is 1. The van der Waals surface area contributed by atoms with Crippen molar-refractivity contribution in [2.75, 3.05) is 30.4 Å². The summed E-state index contributed by atoms with van der Waals surface area (Å²) < 4.78 is 20.3. The second-order valence-corrected chi connectivity index (χ2v) is 5.88. The first kappa shape index (κ1) is 15.0. The van der Waals surface area contributed by atoms with Crippen molar-refractivity contribution in [2.45, 2.75) is 32.9 Å². The first-order valence-corrected chi connectivity index (χ1v) is 7.53. The summed E-state index contributed by atoms with van der Waals surface area (Å²) in [6.45, 7) is 7.17. The van der Waals surface area contributed by atoms with Crippen LogP contribution in [0, 0.1) is 12.7 Å². The van der Waals surface area contributed by atoms with E-state index < -0.39 is 0 Å². The number of aryl methyl sites for hydroxylation is 1. The van der Waals surface area contributed by atoms with Crippen molar-refractivity contribution in [1.29, 1.82) is 0 Å². The number of rotatable bonds is 2. The lowest BCUT2D eigenvalue weighted by Gasteiger charge is -2.38. The molecule has 1 saturated heterocycles. The Morgan fingerprint density at radius 1 is 1.27 bits per heavy atom. The van der Waals surface area contributed by atoms with Crippen LogP contribution in [0.25, 0.3) is 10.8 Å². The van der Waals surface area contributed by atoms with Crippen LogP contribution >= 0.6 is 0 Å². The Bertz CT molecular complexity index is 706. The zero-order valence-corrected chi connectivity index (χ0v) is 13.4. The number of hydrogen-bond acceptors (Lipinski definition) is 5. The summed E-state index contributed by atoms with van der Waals surface area (Å²) in [5.41, 5.74) is 1.32. The molecule has 3 rings (SSSR count). The lowest BCUT2D eigenvalue weighted by Crippen LogP contribution is -2.47. The molecule has 1 N–H and O–H groups in total. The van der Waals surface area contributed by atoms with Gasteiger partial charge in [0.15, 0.2) is 5.82 Å². The van der Waals surface area contributed by atoms with Crippen molar-refractivity contribution in [1.82, 2.24) is 10.2 Å². The minimum Gasteiger partial charge on any atom is -0.375 e. The topological polar surface area (TPSA) is 50.3 Å². The summed E-state index contributed by atoms with van der Waals surface area (Å²) in [6.07, 6.45) is 0.0902. The summed E-state index contributed by atoms with van der Waals surface area (Å²) in [4.78, 5) is 2.07. The molecule has 0 spiro atoms. The smallest absolute Gasteiger partial charge is 0.156 e. The van der Waals surface area contributed by atoms with E-state index in [0.29, 0.717) is 24.7 Å². The third-order valence-electron chi connectivity index (χ3n) is 4.19. The van der Waals surface area contributed by atoms with Gasteiger partial charge in [0, 0.05) is 30.4 Å². The highest BCUT2D eigenvalue weighted by molar-refractivity contribution is 5.95. The van der Waals surface area contributed by atoms with Crippen LogP contribution in [-0.4, -0.2) is 42.5 Å². The largest absolute Gasteiger partial charge is 0.375 e. The van der Waals surface area contributed by atoms with Crippen molar-refractivity contribution >= 4 is 22.3 Å². The van der Waals surface area contributed by atoms with E-state index in [0.717, 1.165) is 16.5 Å². The monoisotopic (exact) mass is 304 g/mol. The molecule has 5 nitrogen and oxygen atoms in total. The van der Waals surface area contributed by atoms with Gasteiger partial charge in [-0.15, -0.1) is 5.10 Å². The number of nitrogens with one attached hydrogen (secondary N) is 1. The highest BCUT2D eigenvalue weighted by Gasteiger charge is 2.26. The fourth-order valence-electron chi connectivity index (χ4n) is 2.93. The highest BCUT2D eigenvalue weighted by Crippen LogP contribution is 2.32. The molecule has 1 aromatic heterocycles. The number of anilines is 2. The van der Waals surface area contributed by atoms with Crippen molar-refractivity contribution in [2.24, 2.45) is 0 Å². The molecule has 0 amide bonds. The van der Waals surface area contributed by atoms with Gasteiger partial charge in [-0.1, -0.05) is 0 Å². The quantitative estimate of drug-likeness (QED) is 0.924. The summed E-state index contributed by atoms with van der Waals surface area (Å²) >= 11 is 0. The van der Waals surface area contributed by atoms with Gasteiger partial charge < -0.3 is 15.0 Å². The zero-order chi connectivity index (χ0) is 15.9. The molecule has 2 heterocycles. The molecule has 1 aromatic carbocycles. The van der Waals surface area contributed by atoms with E-state index in [2.05, 4.69) is 20.4 Å². The van der Waals surface area contributed by atoms with Crippen molar-refractivity contribution in [3.8, 4) is 0 Å². The van der Waals surface area contributed by atoms with E-state index in [4.69, 9.17) is 4.74 Å². The average Bonchev–Trinajstić information content (AvgIpc) is 2.50. The fraction of sp³-hybridized carbons (Fsp3) is 0.500. The first-order valence-electron chi connectivity index (χ1n) is 7.53. The van der Waals surface area contributed by atoms with Crippen LogP contribution in [0.1, 0.15) is 19.5 Å². The molecule has 22 heavy (non-hydrogen) atoms. The maximum Gasteiger partial charge on any atom is 0.156 e. The maximum atomic E-state index is 14.7. The fourth-order valence-corrected chi connectivity index (χ4v) is 2.93. The van der Waals surface area contributed by atoms with Gasteiger partial charge in [-0.2, -0.15) is 5.10 Å². The second kappa shape index (κ2) is 5.68. The van der Waals surface area contributed by atoms with Crippen LogP contribution in [0.3, 0.4) is 0 Å². The Morgan fingerprint density at radius 3 is 2.77 bits per heavy atom. The molecule has 1 fully saturated rings. The number of ether oxygens (including phenoxy) is 1. The van der Waals surface area contributed by atoms with E-state index in [1.54, 1.807) is 13.1 Å². The second-order valence-electron chi connectivity index (χ2n) is 5.88. The van der Waals surface area contributed by atoms with E-state index in [1.165, 1.54) is 0 Å². The molecule has 6 heteroatoms. The van der Waals surface area contributed by atoms with Gasteiger partial charge in [0.2, 0.25) is 0 Å². The van der Waals surface area contributed by atoms with Gasteiger partial charge >= 0.3 is 0 Å². The van der Waals surface area contributed by atoms with Crippen molar-refractivity contribution in [3.63, 3.8) is 0 Å². The third kappa shape index (κ3) is 2.47. The minimum atomic E-state index is -0.230. The van der Waals surface area contributed by atoms with Gasteiger partial charge in [0.1, 0.15) is 5.82 Å². The number of aromatic nitrogens is 2. The van der Waals surface area contributed by atoms with E-state index >= 15 is 0 Å². The summed E-state index contributed by atoms with van der Waals surface area (Å²) in [5.74, 6) is 0.433. The molecular weight excluding hydrogens is 283 g/mol. The molecule has 118 valence electrons. The Kier molecular flexibility index (Phi) is 3.87. The van der Waals surface area contributed by atoms with Gasteiger partial charge in [0.25, 0.3) is 0 Å². The van der Waals surface area contributed by atoms with E-state index in [-0.39, 0.29) is 18.0 Å². The lowest BCUT2D eigenvalue weighted by atomic mass is 10.1. The Balaban J connectivity index is 2.16. The predicted molar refractivity (Wildman–Crippen MR) is 86.0 cm³/mol. The zero-order valence-electron chi connectivity index (χ0n) is 13.4. The van der Waals surface area contributed by atoms with Gasteiger partial charge in [-0.3, -0.25) is 0 Å². The Hall–Kier alpha value is -1.95. The summed E-state index contributed by atoms with van der Waals surface area (Å²) in [7, 11) is 1.79. The van der Waals surface area contributed by atoms with Gasteiger partial charge in [-0.05, 0) is 32.9 Å². The van der Waals surface area contributed by atoms with Crippen LogP contribution in [0.5, 0.6) is 0 Å². The molecule has 2 atom stereocenters. The number of fused-ring (bicyclic) bond motifs is 1. The molecule has 1 aliphatic heterocycles. The SMILES string of the molecule is CNc1nnc(C)c2cc(F)c(N3C[C@@H](C)OC[C@H]3C)cc12. The molecule has 0 bridgehead atoms. The molecule has 2 aromatic rings. The number of benzene rings is 1. The number of halogens is 1. The van der Waals surface area contributed by atoms with Gasteiger partial charge in [-0.25, -0.2) is 4.39 Å². The van der Waals surface area contributed by atoms with Crippen LogP contribution < -0.4 is 10.2 Å². The molecule has 1 aliphatic rings.